The number of nitrogens with one attached hydrogen (secondary N) is 2. The van der Waals surface area contributed by atoms with E-state index in [1.165, 1.54) is 0 Å². The van der Waals surface area contributed by atoms with Gasteiger partial charge in [-0.15, -0.1) is 0 Å². The molecule has 7 nitrogen and oxygen atoms in total. The molecule has 0 spiro atoms. The minimum Gasteiger partial charge on any atom is -0.364 e. The summed E-state index contributed by atoms with van der Waals surface area (Å²) in [5.41, 5.74) is 4.61. The highest BCUT2D eigenvalue weighted by atomic mass is 15.5. The van der Waals surface area contributed by atoms with Crippen LogP contribution in [0.25, 0.3) is 16.6 Å². The molecule has 0 saturated heterocycles. The Kier molecular flexibility index (Phi) is 3.45. The van der Waals surface area contributed by atoms with Crippen molar-refractivity contribution >= 4 is 16.7 Å². The molecule has 24 heavy (non-hydrogen) atoms. The van der Waals surface area contributed by atoms with E-state index in [0.29, 0.717) is 6.54 Å². The summed E-state index contributed by atoms with van der Waals surface area (Å²) in [5, 5.41) is 20.7. The molecule has 0 unspecified atom stereocenters. The third-order valence-corrected chi connectivity index (χ3v) is 3.95. The summed E-state index contributed by atoms with van der Waals surface area (Å²) < 4.78 is 0. The van der Waals surface area contributed by atoms with Gasteiger partial charge in [-0.05, 0) is 32.0 Å². The molecule has 0 radical (unpaired) electrons. The number of benzene rings is 1. The number of nitrogens with zero attached hydrogens (tertiary/aromatic N) is 5. The molecular weight excluding hydrogens is 302 g/mol. The second-order valence-corrected chi connectivity index (χ2v) is 5.60. The molecule has 1 aromatic carbocycles. The number of anilines is 1. The Morgan fingerprint density at radius 3 is 2.71 bits per heavy atom. The minimum absolute atomic E-state index is 0.551. The van der Waals surface area contributed by atoms with Crippen molar-refractivity contribution in [3.63, 3.8) is 0 Å². The van der Waals surface area contributed by atoms with Gasteiger partial charge in [-0.1, -0.05) is 18.2 Å². The van der Waals surface area contributed by atoms with Crippen LogP contribution in [0.1, 0.15) is 17.1 Å². The van der Waals surface area contributed by atoms with E-state index in [2.05, 4.69) is 30.7 Å². The largest absolute Gasteiger partial charge is 0.364 e. The van der Waals surface area contributed by atoms with Crippen molar-refractivity contribution in [2.24, 2.45) is 0 Å². The lowest BCUT2D eigenvalue weighted by Crippen LogP contribution is -2.04. The molecule has 2 N–H and O–H groups in total. The van der Waals surface area contributed by atoms with Gasteiger partial charge in [-0.2, -0.15) is 20.1 Å². The average molecular weight is 319 g/mol. The van der Waals surface area contributed by atoms with E-state index in [0.717, 1.165) is 39.5 Å². The first-order chi connectivity index (χ1) is 11.7. The molecule has 0 aliphatic carbocycles. The zero-order chi connectivity index (χ0) is 16.5. The Hall–Kier alpha value is -3.22. The number of rotatable bonds is 4. The third kappa shape index (κ3) is 2.50. The monoisotopic (exact) mass is 319 g/mol. The summed E-state index contributed by atoms with van der Waals surface area (Å²) in [6.07, 6.45) is 1.76. The van der Waals surface area contributed by atoms with E-state index in [1.807, 2.05) is 50.2 Å². The molecule has 0 amide bonds. The Balaban J connectivity index is 1.60. The molecule has 4 rings (SSSR count). The number of aryl methyl sites for hydroxylation is 2. The zero-order valence-corrected chi connectivity index (χ0v) is 13.5. The van der Waals surface area contributed by atoms with E-state index < -0.39 is 0 Å². The predicted octanol–water partition coefficient (Wildman–Crippen LogP) is 2.77. The van der Waals surface area contributed by atoms with Crippen molar-refractivity contribution in [1.82, 2.24) is 30.2 Å². The van der Waals surface area contributed by atoms with Crippen molar-refractivity contribution in [2.75, 3.05) is 5.32 Å². The van der Waals surface area contributed by atoms with Gasteiger partial charge in [-0.25, -0.2) is 4.98 Å². The molecule has 3 aromatic heterocycles. The highest BCUT2D eigenvalue weighted by Gasteiger charge is 2.11. The second kappa shape index (κ2) is 5.77. The Bertz CT molecular complexity index is 985. The number of pyridine rings is 1. The number of aromatic nitrogens is 6. The lowest BCUT2D eigenvalue weighted by atomic mass is 10.2. The van der Waals surface area contributed by atoms with Gasteiger partial charge in [0.1, 0.15) is 11.5 Å². The quantitative estimate of drug-likeness (QED) is 0.604. The maximum Gasteiger partial charge on any atom is 0.137 e. The van der Waals surface area contributed by atoms with Gasteiger partial charge >= 0.3 is 0 Å². The van der Waals surface area contributed by atoms with Crippen molar-refractivity contribution in [3.8, 4) is 5.69 Å². The van der Waals surface area contributed by atoms with Crippen LogP contribution in [0.2, 0.25) is 0 Å². The van der Waals surface area contributed by atoms with E-state index in [1.54, 1.807) is 11.0 Å². The maximum absolute atomic E-state index is 4.58. The van der Waals surface area contributed by atoms with Gasteiger partial charge in [0.15, 0.2) is 0 Å². The number of aromatic amines is 1. The first-order valence-electron chi connectivity index (χ1n) is 7.74. The van der Waals surface area contributed by atoms with E-state index in [4.69, 9.17) is 0 Å². The molecule has 4 aromatic rings. The first kappa shape index (κ1) is 14.4. The zero-order valence-electron chi connectivity index (χ0n) is 13.5. The van der Waals surface area contributed by atoms with Crippen LogP contribution in [0, 0.1) is 13.8 Å². The number of para-hydroxylation sites is 1. The van der Waals surface area contributed by atoms with Crippen LogP contribution < -0.4 is 5.32 Å². The lowest BCUT2D eigenvalue weighted by Gasteiger charge is -2.05. The SMILES string of the molecule is Cc1nn(-c2ccccc2)nc1CNc1nccc2[nH]nc(C)c12. The topological polar surface area (TPSA) is 84.3 Å². The van der Waals surface area contributed by atoms with Crippen LogP contribution in [0.4, 0.5) is 5.82 Å². The average Bonchev–Trinajstić information content (AvgIpc) is 3.17. The fourth-order valence-corrected chi connectivity index (χ4v) is 2.67. The van der Waals surface area contributed by atoms with Gasteiger partial charge in [0.25, 0.3) is 0 Å². The number of fused-ring (bicyclic) bond motifs is 1. The normalized spacial score (nSPS) is 11.1. The number of H-pyrrole nitrogens is 1. The summed E-state index contributed by atoms with van der Waals surface area (Å²) in [6.45, 7) is 4.47. The first-order valence-corrected chi connectivity index (χ1v) is 7.74. The minimum atomic E-state index is 0.551. The molecule has 0 atom stereocenters. The molecule has 0 aliphatic rings. The second-order valence-electron chi connectivity index (χ2n) is 5.60. The van der Waals surface area contributed by atoms with Crippen LogP contribution >= 0.6 is 0 Å². The lowest BCUT2D eigenvalue weighted by molar-refractivity contribution is 0.736. The van der Waals surface area contributed by atoms with Crippen molar-refractivity contribution in [3.05, 3.63) is 59.7 Å². The molecular formula is C17H17N7. The number of hydrogen-bond donors (Lipinski definition) is 2. The van der Waals surface area contributed by atoms with E-state index in [9.17, 15) is 0 Å². The molecule has 120 valence electrons. The van der Waals surface area contributed by atoms with Crippen LogP contribution in [-0.2, 0) is 6.54 Å². The highest BCUT2D eigenvalue weighted by molar-refractivity contribution is 5.91. The highest BCUT2D eigenvalue weighted by Crippen LogP contribution is 2.22. The summed E-state index contributed by atoms with van der Waals surface area (Å²) in [5.74, 6) is 0.799. The summed E-state index contributed by atoms with van der Waals surface area (Å²) in [4.78, 5) is 6.08. The molecule has 0 fully saturated rings. The summed E-state index contributed by atoms with van der Waals surface area (Å²) in [6, 6.07) is 11.8. The van der Waals surface area contributed by atoms with Crippen molar-refractivity contribution < 1.29 is 0 Å². The molecule has 0 aliphatic heterocycles. The van der Waals surface area contributed by atoms with Gasteiger partial charge in [-0.3, -0.25) is 5.10 Å². The standard InChI is InChI=1S/C17H17N7/c1-11-15(23-24(22-11)13-6-4-3-5-7-13)10-19-17-16-12(2)20-21-14(16)8-9-18-17/h3-9H,10H2,1-2H3,(H,18,19)(H,20,21). The van der Waals surface area contributed by atoms with Gasteiger partial charge in [0.2, 0.25) is 0 Å². The van der Waals surface area contributed by atoms with Crippen LogP contribution in [0.15, 0.2) is 42.6 Å². The number of hydrogen-bond acceptors (Lipinski definition) is 5. The molecule has 7 heteroatoms. The summed E-state index contributed by atoms with van der Waals surface area (Å²) in [7, 11) is 0. The molecule has 0 saturated carbocycles. The Morgan fingerprint density at radius 1 is 1.04 bits per heavy atom. The van der Waals surface area contributed by atoms with Crippen LogP contribution in [-0.4, -0.2) is 30.2 Å². The van der Waals surface area contributed by atoms with E-state index >= 15 is 0 Å². The van der Waals surface area contributed by atoms with Crippen molar-refractivity contribution in [2.45, 2.75) is 20.4 Å². The fraction of sp³-hybridized carbons (Fsp3) is 0.176. The van der Waals surface area contributed by atoms with Crippen LogP contribution in [0.5, 0.6) is 0 Å². The third-order valence-electron chi connectivity index (χ3n) is 3.95. The Morgan fingerprint density at radius 2 is 1.88 bits per heavy atom. The van der Waals surface area contributed by atoms with E-state index in [-0.39, 0.29) is 0 Å². The maximum atomic E-state index is 4.58. The molecule has 3 heterocycles. The predicted molar refractivity (Wildman–Crippen MR) is 92.0 cm³/mol. The molecule has 0 bridgehead atoms. The van der Waals surface area contributed by atoms with Gasteiger partial charge < -0.3 is 5.32 Å². The van der Waals surface area contributed by atoms with Crippen LogP contribution in [0.3, 0.4) is 0 Å². The smallest absolute Gasteiger partial charge is 0.137 e. The van der Waals surface area contributed by atoms with Gasteiger partial charge in [0, 0.05) is 6.20 Å². The summed E-state index contributed by atoms with van der Waals surface area (Å²) >= 11 is 0. The fourth-order valence-electron chi connectivity index (χ4n) is 2.67. The van der Waals surface area contributed by atoms with Crippen molar-refractivity contribution in [1.29, 1.82) is 0 Å². The van der Waals surface area contributed by atoms with Gasteiger partial charge in [0.05, 0.1) is 34.5 Å². The Labute approximate surface area is 138 Å².